The van der Waals surface area contributed by atoms with Gasteiger partial charge in [0, 0.05) is 11.8 Å². The average Bonchev–Trinajstić information content (AvgIpc) is 2.19. The van der Waals surface area contributed by atoms with Gasteiger partial charge in [-0.1, -0.05) is 35.9 Å². The number of rotatable bonds is 1. The van der Waals surface area contributed by atoms with Crippen LogP contribution in [0.25, 0.3) is 11.1 Å². The maximum absolute atomic E-state index is 5.91. The molecule has 2 nitrogen and oxygen atoms in total. The monoisotopic (exact) mass is 223 g/mol. The van der Waals surface area contributed by atoms with Gasteiger partial charge in [-0.05, 0) is 23.2 Å². The lowest BCUT2D eigenvalue weighted by Gasteiger charge is -2.01. The second kappa shape index (κ2) is 3.95. The van der Waals surface area contributed by atoms with Crippen LogP contribution in [0.2, 0.25) is 10.4 Å². The van der Waals surface area contributed by atoms with Gasteiger partial charge in [0.2, 0.25) is 5.28 Å². The standard InChI is InChI=1S/C10H5Cl2N2/c11-9-8(6-13-10(12)14-9)7-4-2-1-3-5-7/h1-4,6H. The summed E-state index contributed by atoms with van der Waals surface area (Å²) in [7, 11) is 0. The van der Waals surface area contributed by atoms with Crippen LogP contribution in [0.1, 0.15) is 0 Å². The third-order valence-corrected chi connectivity index (χ3v) is 2.18. The molecule has 0 spiro atoms. The molecule has 0 aliphatic carbocycles. The first-order valence-corrected chi connectivity index (χ1v) is 4.68. The molecule has 0 saturated carbocycles. The van der Waals surface area contributed by atoms with Gasteiger partial charge in [-0.25, -0.2) is 9.97 Å². The van der Waals surface area contributed by atoms with Crippen molar-refractivity contribution >= 4 is 23.2 Å². The summed E-state index contributed by atoms with van der Waals surface area (Å²) in [5.41, 5.74) is 1.59. The summed E-state index contributed by atoms with van der Waals surface area (Å²) in [6.07, 6.45) is 1.59. The van der Waals surface area contributed by atoms with Crippen molar-refractivity contribution in [1.82, 2.24) is 9.97 Å². The Balaban J connectivity index is 2.53. The molecule has 14 heavy (non-hydrogen) atoms. The molecule has 0 N–H and O–H groups in total. The van der Waals surface area contributed by atoms with Gasteiger partial charge in [-0.2, -0.15) is 0 Å². The van der Waals surface area contributed by atoms with Crippen molar-refractivity contribution in [3.8, 4) is 11.1 Å². The number of benzene rings is 1. The maximum Gasteiger partial charge on any atom is 0.223 e. The summed E-state index contributed by atoms with van der Waals surface area (Å²) in [6, 6.07) is 10.5. The number of hydrogen-bond donors (Lipinski definition) is 0. The molecule has 0 bridgehead atoms. The van der Waals surface area contributed by atoms with Crippen molar-refractivity contribution in [3.63, 3.8) is 0 Å². The molecule has 0 unspecified atom stereocenters. The van der Waals surface area contributed by atoms with Crippen LogP contribution in [0.3, 0.4) is 0 Å². The zero-order valence-corrected chi connectivity index (χ0v) is 8.55. The molecule has 4 heteroatoms. The summed E-state index contributed by atoms with van der Waals surface area (Å²) in [6.45, 7) is 0. The van der Waals surface area contributed by atoms with E-state index in [0.717, 1.165) is 11.1 Å². The van der Waals surface area contributed by atoms with Crippen LogP contribution in [0.15, 0.2) is 30.5 Å². The summed E-state index contributed by atoms with van der Waals surface area (Å²) < 4.78 is 0. The molecular formula is C10H5Cl2N2. The second-order valence-corrected chi connectivity index (χ2v) is 3.32. The lowest BCUT2D eigenvalue weighted by atomic mass is 10.1. The molecule has 2 aromatic rings. The van der Waals surface area contributed by atoms with Crippen molar-refractivity contribution in [3.05, 3.63) is 47.0 Å². The summed E-state index contributed by atoms with van der Waals surface area (Å²) in [5, 5.41) is 0.488. The highest BCUT2D eigenvalue weighted by Crippen LogP contribution is 2.25. The van der Waals surface area contributed by atoms with Gasteiger partial charge in [-0.3, -0.25) is 0 Å². The zero-order chi connectivity index (χ0) is 9.97. The predicted molar refractivity (Wildman–Crippen MR) is 56.3 cm³/mol. The first kappa shape index (κ1) is 9.44. The smallest absolute Gasteiger partial charge is 0.223 e. The zero-order valence-electron chi connectivity index (χ0n) is 7.04. The molecule has 0 atom stereocenters. The molecule has 0 amide bonds. The Bertz CT molecular complexity index is 443. The van der Waals surface area contributed by atoms with E-state index < -0.39 is 0 Å². The molecular weight excluding hydrogens is 219 g/mol. The molecule has 1 aromatic heterocycles. The number of aromatic nitrogens is 2. The largest absolute Gasteiger partial charge is 0.226 e. The molecule has 1 heterocycles. The van der Waals surface area contributed by atoms with Gasteiger partial charge in [0.25, 0.3) is 0 Å². The SMILES string of the molecule is Clc1ncc(-c2[c]cccc2)c(Cl)n1. The van der Waals surface area contributed by atoms with Gasteiger partial charge in [0.15, 0.2) is 0 Å². The minimum atomic E-state index is 0.148. The van der Waals surface area contributed by atoms with E-state index in [1.165, 1.54) is 0 Å². The molecule has 1 radical (unpaired) electrons. The highest BCUT2D eigenvalue weighted by atomic mass is 35.5. The van der Waals surface area contributed by atoms with Gasteiger partial charge >= 0.3 is 0 Å². The van der Waals surface area contributed by atoms with E-state index in [1.54, 1.807) is 12.3 Å². The van der Waals surface area contributed by atoms with Crippen LogP contribution in [0.4, 0.5) is 0 Å². The fraction of sp³-hybridized carbons (Fsp3) is 0. The second-order valence-electron chi connectivity index (χ2n) is 2.62. The van der Waals surface area contributed by atoms with Crippen LogP contribution < -0.4 is 0 Å². The quantitative estimate of drug-likeness (QED) is 0.548. The molecule has 0 aliphatic heterocycles. The van der Waals surface area contributed by atoms with Gasteiger partial charge in [0.05, 0.1) is 0 Å². The minimum absolute atomic E-state index is 0.148. The predicted octanol–water partition coefficient (Wildman–Crippen LogP) is 3.25. The number of nitrogens with zero attached hydrogens (tertiary/aromatic N) is 2. The van der Waals surface area contributed by atoms with E-state index in [-0.39, 0.29) is 5.28 Å². The van der Waals surface area contributed by atoms with Crippen molar-refractivity contribution in [2.45, 2.75) is 0 Å². The van der Waals surface area contributed by atoms with Crippen molar-refractivity contribution in [2.24, 2.45) is 0 Å². The fourth-order valence-electron chi connectivity index (χ4n) is 1.08. The fourth-order valence-corrected chi connectivity index (χ4v) is 1.49. The first-order valence-electron chi connectivity index (χ1n) is 3.92. The summed E-state index contributed by atoms with van der Waals surface area (Å²) >= 11 is 11.5. The highest BCUT2D eigenvalue weighted by Gasteiger charge is 2.05. The Hall–Kier alpha value is -1.12. The topological polar surface area (TPSA) is 25.8 Å². The lowest BCUT2D eigenvalue weighted by Crippen LogP contribution is -1.87. The van der Waals surface area contributed by atoms with Crippen LogP contribution in [-0.2, 0) is 0 Å². The van der Waals surface area contributed by atoms with Crippen molar-refractivity contribution < 1.29 is 0 Å². The Morgan fingerprint density at radius 1 is 1.21 bits per heavy atom. The molecule has 1 aromatic carbocycles. The third kappa shape index (κ3) is 1.86. The van der Waals surface area contributed by atoms with Crippen LogP contribution >= 0.6 is 23.2 Å². The molecule has 2 rings (SSSR count). The Kier molecular flexibility index (Phi) is 2.66. The van der Waals surface area contributed by atoms with Gasteiger partial charge in [-0.15, -0.1) is 0 Å². The summed E-state index contributed by atoms with van der Waals surface area (Å²) in [5.74, 6) is 0. The number of halogens is 2. The van der Waals surface area contributed by atoms with Crippen LogP contribution in [0, 0.1) is 6.07 Å². The normalized spacial score (nSPS) is 10.1. The van der Waals surface area contributed by atoms with E-state index in [4.69, 9.17) is 23.2 Å². The highest BCUT2D eigenvalue weighted by molar-refractivity contribution is 6.33. The van der Waals surface area contributed by atoms with E-state index in [9.17, 15) is 0 Å². The van der Waals surface area contributed by atoms with Crippen LogP contribution in [-0.4, -0.2) is 9.97 Å². The van der Waals surface area contributed by atoms with E-state index in [0.29, 0.717) is 5.15 Å². The molecule has 0 aliphatic rings. The molecule has 69 valence electrons. The van der Waals surface area contributed by atoms with Crippen molar-refractivity contribution in [2.75, 3.05) is 0 Å². The molecule has 0 saturated heterocycles. The minimum Gasteiger partial charge on any atom is -0.226 e. The van der Waals surface area contributed by atoms with Crippen molar-refractivity contribution in [1.29, 1.82) is 0 Å². The Morgan fingerprint density at radius 2 is 2.07 bits per heavy atom. The maximum atomic E-state index is 5.91. The first-order chi connectivity index (χ1) is 6.77. The van der Waals surface area contributed by atoms with Crippen LogP contribution in [0.5, 0.6) is 0 Å². The van der Waals surface area contributed by atoms with E-state index in [2.05, 4.69) is 16.0 Å². The summed E-state index contributed by atoms with van der Waals surface area (Å²) in [4.78, 5) is 7.72. The van der Waals surface area contributed by atoms with E-state index >= 15 is 0 Å². The lowest BCUT2D eigenvalue weighted by molar-refractivity contribution is 1.17. The Morgan fingerprint density at radius 3 is 2.71 bits per heavy atom. The van der Waals surface area contributed by atoms with Gasteiger partial charge in [0.1, 0.15) is 5.15 Å². The van der Waals surface area contributed by atoms with E-state index in [1.807, 2.05) is 18.2 Å². The number of hydrogen-bond acceptors (Lipinski definition) is 2. The van der Waals surface area contributed by atoms with Gasteiger partial charge < -0.3 is 0 Å². The third-order valence-electron chi connectivity index (χ3n) is 1.71. The average molecular weight is 224 g/mol. The Labute approximate surface area is 91.5 Å². The molecule has 0 fully saturated rings.